The number of nitrogens with zero attached hydrogens (tertiary/aromatic N) is 3. The molecule has 0 amide bonds. The fourth-order valence-electron chi connectivity index (χ4n) is 2.39. The van der Waals surface area contributed by atoms with E-state index in [1.54, 1.807) is 13.3 Å². The molecule has 18 heavy (non-hydrogen) atoms. The lowest BCUT2D eigenvalue weighted by Gasteiger charge is -2.25. The van der Waals surface area contributed by atoms with Gasteiger partial charge in [-0.25, -0.2) is 4.98 Å². The lowest BCUT2D eigenvalue weighted by molar-refractivity contribution is 0.245. The normalized spacial score (nSPS) is 18.7. The van der Waals surface area contributed by atoms with Crippen LogP contribution in [0.3, 0.4) is 0 Å². The van der Waals surface area contributed by atoms with E-state index < -0.39 is 0 Å². The number of hydrogen-bond donors (Lipinski definition) is 0. The van der Waals surface area contributed by atoms with Gasteiger partial charge in [0.25, 0.3) is 0 Å². The van der Waals surface area contributed by atoms with Gasteiger partial charge in [0.05, 0.1) is 13.2 Å². The summed E-state index contributed by atoms with van der Waals surface area (Å²) in [5, 5.41) is 9.40. The first-order chi connectivity index (χ1) is 8.85. The van der Waals surface area contributed by atoms with Crippen molar-refractivity contribution in [1.29, 1.82) is 5.26 Å². The van der Waals surface area contributed by atoms with Crippen LogP contribution in [0.1, 0.15) is 37.3 Å². The van der Waals surface area contributed by atoms with Crippen LogP contribution in [-0.4, -0.2) is 30.1 Å². The Bertz CT molecular complexity index is 402. The van der Waals surface area contributed by atoms with E-state index in [9.17, 15) is 5.26 Å². The van der Waals surface area contributed by atoms with Gasteiger partial charge in [0.1, 0.15) is 6.04 Å². The molecule has 1 aromatic rings. The molecule has 2 rings (SSSR count). The van der Waals surface area contributed by atoms with Crippen LogP contribution in [0.4, 0.5) is 0 Å². The van der Waals surface area contributed by atoms with Crippen LogP contribution < -0.4 is 4.74 Å². The fraction of sp³-hybridized carbons (Fsp3) is 0.571. The molecule has 1 atom stereocenters. The molecule has 0 aliphatic carbocycles. The zero-order chi connectivity index (χ0) is 12.8. The molecule has 2 heterocycles. The summed E-state index contributed by atoms with van der Waals surface area (Å²) in [4.78, 5) is 6.44. The lowest BCUT2D eigenvalue weighted by Crippen LogP contribution is -2.29. The van der Waals surface area contributed by atoms with Crippen LogP contribution in [0.5, 0.6) is 5.88 Å². The Labute approximate surface area is 108 Å². The van der Waals surface area contributed by atoms with Crippen molar-refractivity contribution in [3.05, 3.63) is 23.9 Å². The molecule has 4 nitrogen and oxygen atoms in total. The maximum atomic E-state index is 9.40. The Kier molecular flexibility index (Phi) is 4.54. The Morgan fingerprint density at radius 1 is 1.28 bits per heavy atom. The Balaban J connectivity index is 2.13. The van der Waals surface area contributed by atoms with E-state index in [1.165, 1.54) is 25.7 Å². The first-order valence-electron chi connectivity index (χ1n) is 6.49. The predicted molar refractivity (Wildman–Crippen MR) is 69.2 cm³/mol. The predicted octanol–water partition coefficient (Wildman–Crippen LogP) is 2.53. The number of aromatic nitrogens is 1. The van der Waals surface area contributed by atoms with Crippen molar-refractivity contribution in [2.75, 3.05) is 20.2 Å². The Morgan fingerprint density at radius 3 is 2.50 bits per heavy atom. The van der Waals surface area contributed by atoms with Crippen molar-refractivity contribution >= 4 is 0 Å². The maximum absolute atomic E-state index is 9.40. The molecular formula is C14H19N3O. The van der Waals surface area contributed by atoms with Crippen LogP contribution in [0.15, 0.2) is 18.3 Å². The van der Waals surface area contributed by atoms with Crippen LogP contribution in [-0.2, 0) is 0 Å². The summed E-state index contributed by atoms with van der Waals surface area (Å²) in [6.07, 6.45) is 6.66. The quantitative estimate of drug-likeness (QED) is 0.821. The van der Waals surface area contributed by atoms with E-state index in [-0.39, 0.29) is 6.04 Å². The second-order valence-electron chi connectivity index (χ2n) is 4.62. The van der Waals surface area contributed by atoms with Crippen molar-refractivity contribution in [3.63, 3.8) is 0 Å². The minimum atomic E-state index is -0.179. The van der Waals surface area contributed by atoms with Gasteiger partial charge in [0.2, 0.25) is 5.88 Å². The van der Waals surface area contributed by atoms with E-state index in [0.29, 0.717) is 5.88 Å². The number of nitriles is 1. The van der Waals surface area contributed by atoms with Crippen LogP contribution >= 0.6 is 0 Å². The summed E-state index contributed by atoms with van der Waals surface area (Å²) in [6.45, 7) is 2.01. The van der Waals surface area contributed by atoms with E-state index in [0.717, 1.165) is 18.7 Å². The van der Waals surface area contributed by atoms with E-state index in [1.807, 2.05) is 12.1 Å². The van der Waals surface area contributed by atoms with Crippen molar-refractivity contribution < 1.29 is 4.74 Å². The van der Waals surface area contributed by atoms with E-state index >= 15 is 0 Å². The molecule has 1 fully saturated rings. The SMILES string of the molecule is COc1ccc(C(C#N)N2CCCCCC2)cn1. The summed E-state index contributed by atoms with van der Waals surface area (Å²) in [7, 11) is 1.60. The topological polar surface area (TPSA) is 49.1 Å². The van der Waals surface area contributed by atoms with Gasteiger partial charge in [-0.2, -0.15) is 5.26 Å². The summed E-state index contributed by atoms with van der Waals surface area (Å²) >= 11 is 0. The molecule has 96 valence electrons. The third-order valence-corrected chi connectivity index (χ3v) is 3.41. The lowest BCUT2D eigenvalue weighted by atomic mass is 10.1. The van der Waals surface area contributed by atoms with Crippen LogP contribution in [0.2, 0.25) is 0 Å². The second-order valence-corrected chi connectivity index (χ2v) is 4.62. The monoisotopic (exact) mass is 245 g/mol. The van der Waals surface area contributed by atoms with Gasteiger partial charge < -0.3 is 4.74 Å². The third-order valence-electron chi connectivity index (χ3n) is 3.41. The van der Waals surface area contributed by atoms with Crippen LogP contribution in [0.25, 0.3) is 0 Å². The van der Waals surface area contributed by atoms with Crippen molar-refractivity contribution in [3.8, 4) is 11.9 Å². The number of rotatable bonds is 3. The van der Waals surface area contributed by atoms with Crippen LogP contribution in [0, 0.1) is 11.3 Å². The first-order valence-corrected chi connectivity index (χ1v) is 6.49. The zero-order valence-electron chi connectivity index (χ0n) is 10.8. The molecule has 1 saturated heterocycles. The molecular weight excluding hydrogens is 226 g/mol. The molecule has 1 aliphatic heterocycles. The van der Waals surface area contributed by atoms with Crippen molar-refractivity contribution in [2.24, 2.45) is 0 Å². The molecule has 0 saturated carbocycles. The number of methoxy groups -OCH3 is 1. The molecule has 0 N–H and O–H groups in total. The summed E-state index contributed by atoms with van der Waals surface area (Å²) in [5.41, 5.74) is 0.959. The first kappa shape index (κ1) is 12.8. The van der Waals surface area contributed by atoms with Crippen molar-refractivity contribution in [2.45, 2.75) is 31.7 Å². The summed E-state index contributed by atoms with van der Waals surface area (Å²) in [5.74, 6) is 0.589. The second kappa shape index (κ2) is 6.36. The van der Waals surface area contributed by atoms with Gasteiger partial charge in [0.15, 0.2) is 0 Å². The molecule has 0 radical (unpaired) electrons. The highest BCUT2D eigenvalue weighted by Crippen LogP contribution is 2.24. The summed E-state index contributed by atoms with van der Waals surface area (Å²) < 4.78 is 5.04. The molecule has 4 heteroatoms. The van der Waals surface area contributed by atoms with E-state index in [2.05, 4.69) is 16.0 Å². The molecule has 1 aliphatic rings. The minimum absolute atomic E-state index is 0.179. The standard InChI is InChI=1S/C14H19N3O/c1-18-14-7-6-12(11-16-14)13(10-15)17-8-4-2-3-5-9-17/h6-7,11,13H,2-5,8-9H2,1H3. The Hall–Kier alpha value is -1.60. The average Bonchev–Trinajstić information content (AvgIpc) is 2.70. The van der Waals surface area contributed by atoms with Gasteiger partial charge in [-0.15, -0.1) is 0 Å². The smallest absolute Gasteiger partial charge is 0.212 e. The van der Waals surface area contributed by atoms with Gasteiger partial charge >= 0.3 is 0 Å². The maximum Gasteiger partial charge on any atom is 0.212 e. The largest absolute Gasteiger partial charge is 0.481 e. The number of likely N-dealkylation sites (tertiary alicyclic amines) is 1. The van der Waals surface area contributed by atoms with Gasteiger partial charge in [-0.3, -0.25) is 4.90 Å². The van der Waals surface area contributed by atoms with Gasteiger partial charge in [-0.05, 0) is 32.0 Å². The molecule has 1 unspecified atom stereocenters. The highest BCUT2D eigenvalue weighted by atomic mass is 16.5. The van der Waals surface area contributed by atoms with Gasteiger partial charge in [0, 0.05) is 17.8 Å². The van der Waals surface area contributed by atoms with Gasteiger partial charge in [-0.1, -0.05) is 12.8 Å². The molecule has 0 bridgehead atoms. The number of pyridine rings is 1. The minimum Gasteiger partial charge on any atom is -0.481 e. The molecule has 1 aromatic heterocycles. The zero-order valence-corrected chi connectivity index (χ0v) is 10.8. The average molecular weight is 245 g/mol. The third kappa shape index (κ3) is 2.99. The Morgan fingerprint density at radius 2 is 2.00 bits per heavy atom. The molecule has 0 spiro atoms. The fourth-order valence-corrected chi connectivity index (χ4v) is 2.39. The number of ether oxygens (including phenoxy) is 1. The summed E-state index contributed by atoms with van der Waals surface area (Å²) in [6, 6.07) is 5.97. The number of hydrogen-bond acceptors (Lipinski definition) is 4. The van der Waals surface area contributed by atoms with Crippen molar-refractivity contribution in [1.82, 2.24) is 9.88 Å². The highest BCUT2D eigenvalue weighted by molar-refractivity contribution is 5.25. The van der Waals surface area contributed by atoms with E-state index in [4.69, 9.17) is 4.74 Å². The molecule has 0 aromatic carbocycles. The highest BCUT2D eigenvalue weighted by Gasteiger charge is 2.21.